The van der Waals surface area contributed by atoms with Crippen molar-refractivity contribution >= 4 is 47.3 Å². The Morgan fingerprint density at radius 2 is 1.33 bits per heavy atom. The molecular weight excluding hydrogens is 672 g/mol. The number of nitrogens with zero attached hydrogens (tertiary/aromatic N) is 1. The number of hydrogen-bond donors (Lipinski definition) is 10. The molecule has 290 valence electrons. The Balaban J connectivity index is 3.23. The number of carboxylic acid groups (broad SMARTS) is 1. The van der Waals surface area contributed by atoms with Crippen molar-refractivity contribution in [2.75, 3.05) is 6.54 Å². The minimum absolute atomic E-state index is 0.0288. The molecule has 7 amide bonds. The van der Waals surface area contributed by atoms with Gasteiger partial charge in [-0.1, -0.05) is 34.1 Å². The molecule has 1 fully saturated rings. The number of aliphatic carboxylic acids is 1. The number of nitrogens with one attached hydrogen (secondary N) is 5. The van der Waals surface area contributed by atoms with Crippen molar-refractivity contribution in [3.8, 4) is 0 Å². The average molecular weight is 729 g/mol. The van der Waals surface area contributed by atoms with Crippen LogP contribution in [-0.4, -0.2) is 129 Å². The van der Waals surface area contributed by atoms with Gasteiger partial charge in [0.15, 0.2) is 0 Å². The van der Waals surface area contributed by atoms with Gasteiger partial charge in [0.2, 0.25) is 41.4 Å². The highest BCUT2D eigenvalue weighted by Gasteiger charge is 2.41. The quantitative estimate of drug-likeness (QED) is 0.0586. The van der Waals surface area contributed by atoms with Crippen LogP contribution in [0.25, 0.3) is 0 Å². The molecule has 10 atom stereocenters. The number of rotatable bonds is 20. The molecule has 19 nitrogen and oxygen atoms in total. The number of carbonyl (C=O) groups is 8. The molecule has 0 aliphatic carbocycles. The van der Waals surface area contributed by atoms with Crippen molar-refractivity contribution in [2.24, 2.45) is 23.3 Å². The third-order valence-corrected chi connectivity index (χ3v) is 8.61. The molecule has 19 heteroatoms. The Morgan fingerprint density at radius 3 is 1.82 bits per heavy atom. The first kappa shape index (κ1) is 44.7. The van der Waals surface area contributed by atoms with Crippen molar-refractivity contribution in [3.63, 3.8) is 0 Å². The Bertz CT molecular complexity index is 1280. The first-order chi connectivity index (χ1) is 23.6. The lowest BCUT2D eigenvalue weighted by Gasteiger charge is -2.31. The van der Waals surface area contributed by atoms with Gasteiger partial charge in [0, 0.05) is 6.54 Å². The van der Waals surface area contributed by atoms with Gasteiger partial charge in [0.1, 0.15) is 42.3 Å². The van der Waals surface area contributed by atoms with Crippen molar-refractivity contribution < 1.29 is 53.7 Å². The van der Waals surface area contributed by atoms with Crippen LogP contribution >= 0.6 is 0 Å². The molecule has 0 aromatic rings. The fourth-order valence-electron chi connectivity index (χ4n) is 5.33. The molecule has 0 radical (unpaired) electrons. The van der Waals surface area contributed by atoms with E-state index in [1.807, 2.05) is 0 Å². The Labute approximate surface area is 297 Å². The SMILES string of the molecule is CC[C@H](C)[C@H](NC(=O)[C@@H](NC(=O)[C@@H]1CCCN1C(=O)[C@H](CC(N)=O)NC(=O)[C@H](CC(C)C)NC(=O)[C@@H](N)[C@@H](C)O)[C@@H](C)O)C(=O)N[C@@H](C)C(=O)O. The van der Waals surface area contributed by atoms with E-state index in [0.29, 0.717) is 12.8 Å². The van der Waals surface area contributed by atoms with Gasteiger partial charge in [-0.3, -0.25) is 38.4 Å². The molecular formula is C32H56N8O11. The lowest BCUT2D eigenvalue weighted by Crippen LogP contribution is -2.62. The van der Waals surface area contributed by atoms with Crippen LogP contribution in [0.2, 0.25) is 0 Å². The second-order valence-electron chi connectivity index (χ2n) is 13.5. The molecule has 0 saturated carbocycles. The highest BCUT2D eigenvalue weighted by atomic mass is 16.4. The first-order valence-electron chi connectivity index (χ1n) is 17.1. The van der Waals surface area contributed by atoms with E-state index in [1.165, 1.54) is 20.8 Å². The van der Waals surface area contributed by atoms with Gasteiger partial charge < -0.3 is 58.3 Å². The Hall–Kier alpha value is -4.36. The van der Waals surface area contributed by atoms with Crippen molar-refractivity contribution in [2.45, 2.75) is 135 Å². The maximum atomic E-state index is 13.8. The van der Waals surface area contributed by atoms with E-state index in [0.717, 1.165) is 4.90 Å². The maximum absolute atomic E-state index is 13.8. The van der Waals surface area contributed by atoms with Crippen molar-refractivity contribution in [3.05, 3.63) is 0 Å². The number of nitrogens with two attached hydrogens (primary N) is 2. The molecule has 1 saturated heterocycles. The summed E-state index contributed by atoms with van der Waals surface area (Å²) in [4.78, 5) is 104. The van der Waals surface area contributed by atoms with E-state index in [-0.39, 0.29) is 25.3 Å². The van der Waals surface area contributed by atoms with E-state index in [4.69, 9.17) is 11.5 Å². The number of primary amides is 1. The van der Waals surface area contributed by atoms with E-state index < -0.39 is 114 Å². The van der Waals surface area contributed by atoms with Crippen molar-refractivity contribution in [1.82, 2.24) is 31.5 Å². The van der Waals surface area contributed by atoms with Gasteiger partial charge in [-0.15, -0.1) is 0 Å². The monoisotopic (exact) mass is 728 g/mol. The average Bonchev–Trinajstić information content (AvgIpc) is 3.53. The predicted octanol–water partition coefficient (Wildman–Crippen LogP) is -3.44. The van der Waals surface area contributed by atoms with Crippen LogP contribution in [0.15, 0.2) is 0 Å². The molecule has 1 heterocycles. The van der Waals surface area contributed by atoms with Gasteiger partial charge in [-0.05, 0) is 51.9 Å². The summed E-state index contributed by atoms with van der Waals surface area (Å²) in [5.41, 5.74) is 11.1. The largest absolute Gasteiger partial charge is 0.480 e. The second-order valence-corrected chi connectivity index (χ2v) is 13.5. The third-order valence-electron chi connectivity index (χ3n) is 8.61. The normalized spacial score (nSPS) is 19.6. The fourth-order valence-corrected chi connectivity index (χ4v) is 5.33. The number of aliphatic hydroxyl groups excluding tert-OH is 2. The zero-order valence-electron chi connectivity index (χ0n) is 30.3. The number of carbonyl (C=O) groups excluding carboxylic acids is 7. The van der Waals surface area contributed by atoms with Gasteiger partial charge >= 0.3 is 5.97 Å². The summed E-state index contributed by atoms with van der Waals surface area (Å²) in [5, 5.41) is 41.4. The summed E-state index contributed by atoms with van der Waals surface area (Å²) in [6.07, 6.45) is -2.38. The topological polar surface area (TPSA) is 313 Å². The molecule has 0 spiro atoms. The van der Waals surface area contributed by atoms with Crippen LogP contribution in [-0.2, 0) is 38.4 Å². The summed E-state index contributed by atoms with van der Waals surface area (Å²) in [6, 6.07) is -9.35. The lowest BCUT2D eigenvalue weighted by molar-refractivity contribution is -0.144. The number of likely N-dealkylation sites (tertiary alicyclic amines) is 1. The van der Waals surface area contributed by atoms with Crippen molar-refractivity contribution in [1.29, 1.82) is 0 Å². The summed E-state index contributed by atoms with van der Waals surface area (Å²) in [5.74, 6) is -7.88. The zero-order chi connectivity index (χ0) is 39.3. The molecule has 0 aromatic carbocycles. The Morgan fingerprint density at radius 1 is 0.765 bits per heavy atom. The van der Waals surface area contributed by atoms with Crippen LogP contribution in [0, 0.1) is 11.8 Å². The van der Waals surface area contributed by atoms with Gasteiger partial charge in [0.25, 0.3) is 0 Å². The predicted molar refractivity (Wildman–Crippen MR) is 182 cm³/mol. The van der Waals surface area contributed by atoms with Gasteiger partial charge in [-0.25, -0.2) is 0 Å². The smallest absolute Gasteiger partial charge is 0.325 e. The van der Waals surface area contributed by atoms with Crippen LogP contribution in [0.3, 0.4) is 0 Å². The highest BCUT2D eigenvalue weighted by molar-refractivity contribution is 5.98. The first-order valence-corrected chi connectivity index (χ1v) is 17.1. The van der Waals surface area contributed by atoms with E-state index >= 15 is 0 Å². The van der Waals surface area contributed by atoms with Crippen LogP contribution in [0.4, 0.5) is 0 Å². The molecule has 1 aliphatic rings. The molecule has 0 unspecified atom stereocenters. The summed E-state index contributed by atoms with van der Waals surface area (Å²) in [7, 11) is 0. The number of aliphatic hydroxyl groups is 2. The lowest BCUT2D eigenvalue weighted by atomic mass is 9.97. The fraction of sp³-hybridized carbons (Fsp3) is 0.750. The molecule has 1 aliphatic heterocycles. The summed E-state index contributed by atoms with van der Waals surface area (Å²) >= 11 is 0. The number of hydrogen-bond acceptors (Lipinski definition) is 11. The minimum Gasteiger partial charge on any atom is -0.480 e. The number of carboxylic acids is 1. The van der Waals surface area contributed by atoms with Crippen LogP contribution in [0.5, 0.6) is 0 Å². The molecule has 1 rings (SSSR count). The van der Waals surface area contributed by atoms with Gasteiger partial charge in [-0.2, -0.15) is 0 Å². The third kappa shape index (κ3) is 13.7. The molecule has 12 N–H and O–H groups in total. The highest BCUT2D eigenvalue weighted by Crippen LogP contribution is 2.20. The standard InChI is InChI=1S/C32H56N8O11/c1-8-15(4)24(29(47)35-16(5)32(50)51)38-30(48)25(18(7)42)39-27(45)21-10-9-11-40(21)31(49)20(13-22(33)43)37-26(44)19(12-14(2)3)36-28(46)23(34)17(6)41/h14-21,23-25,41-42H,8-13,34H2,1-7H3,(H2,33,43)(H,35,47)(H,36,46)(H,37,44)(H,38,48)(H,39,45)(H,50,51)/t15-,16-,17+,18+,19-,20-,21-,23-,24-,25-/m0/s1. The molecule has 0 bridgehead atoms. The molecule has 0 aromatic heterocycles. The Kier molecular flexibility index (Phi) is 17.9. The van der Waals surface area contributed by atoms with E-state index in [2.05, 4.69) is 26.6 Å². The minimum atomic E-state index is -1.60. The van der Waals surface area contributed by atoms with Crippen LogP contribution in [0.1, 0.15) is 80.6 Å². The maximum Gasteiger partial charge on any atom is 0.325 e. The summed E-state index contributed by atoms with van der Waals surface area (Å²) in [6.45, 7) is 10.8. The van der Waals surface area contributed by atoms with E-state index in [9.17, 15) is 53.7 Å². The van der Waals surface area contributed by atoms with Gasteiger partial charge in [0.05, 0.1) is 18.6 Å². The molecule has 51 heavy (non-hydrogen) atoms. The van der Waals surface area contributed by atoms with E-state index in [1.54, 1.807) is 27.7 Å². The second kappa shape index (κ2) is 20.5. The summed E-state index contributed by atoms with van der Waals surface area (Å²) < 4.78 is 0. The van der Waals surface area contributed by atoms with Crippen LogP contribution < -0.4 is 38.1 Å². The number of amides is 7. The zero-order valence-corrected chi connectivity index (χ0v) is 30.3.